The summed E-state index contributed by atoms with van der Waals surface area (Å²) in [6, 6.07) is 1.53. The zero-order chi connectivity index (χ0) is 11.2. The highest BCUT2D eigenvalue weighted by Gasteiger charge is 2.15. The zero-order valence-corrected chi connectivity index (χ0v) is 8.71. The van der Waals surface area contributed by atoms with Gasteiger partial charge in [-0.3, -0.25) is 4.79 Å². The lowest BCUT2D eigenvalue weighted by Gasteiger charge is -1.97. The van der Waals surface area contributed by atoms with E-state index in [1.54, 1.807) is 7.05 Å². The van der Waals surface area contributed by atoms with E-state index in [1.807, 2.05) is 0 Å². The van der Waals surface area contributed by atoms with Crippen molar-refractivity contribution in [3.63, 3.8) is 0 Å². The summed E-state index contributed by atoms with van der Waals surface area (Å²) in [6.45, 7) is 0. The van der Waals surface area contributed by atoms with Crippen LogP contribution in [0.15, 0.2) is 28.2 Å². The molecule has 0 saturated heterocycles. The topological polar surface area (TPSA) is 97.9 Å². The highest BCUT2D eigenvalue weighted by Crippen LogP contribution is 2.18. The van der Waals surface area contributed by atoms with Crippen molar-refractivity contribution in [2.24, 2.45) is 12.2 Å². The summed E-state index contributed by atoms with van der Waals surface area (Å²) in [5.41, 5.74) is -0.0496. The Morgan fingerprint density at radius 1 is 1.47 bits per heavy atom. The first kappa shape index (κ1) is 9.94. The molecule has 2 aromatic heterocycles. The van der Waals surface area contributed by atoms with Crippen LogP contribution in [0.1, 0.15) is 0 Å². The van der Waals surface area contributed by atoms with E-state index in [1.165, 1.54) is 23.0 Å². The van der Waals surface area contributed by atoms with E-state index in [4.69, 9.17) is 5.14 Å². The molecule has 0 aliphatic rings. The number of hydrogen-bond acceptors (Lipinski definition) is 3. The fourth-order valence-electron chi connectivity index (χ4n) is 1.42. The van der Waals surface area contributed by atoms with Crippen LogP contribution >= 0.6 is 0 Å². The van der Waals surface area contributed by atoms with Gasteiger partial charge in [0.25, 0.3) is 5.56 Å². The van der Waals surface area contributed by atoms with Crippen molar-refractivity contribution < 1.29 is 8.42 Å². The van der Waals surface area contributed by atoms with Crippen LogP contribution in [0.2, 0.25) is 0 Å². The van der Waals surface area contributed by atoms with Gasteiger partial charge in [-0.1, -0.05) is 0 Å². The van der Waals surface area contributed by atoms with E-state index in [9.17, 15) is 13.2 Å². The Morgan fingerprint density at radius 2 is 2.13 bits per heavy atom. The summed E-state index contributed by atoms with van der Waals surface area (Å²) in [6.07, 6.45) is 2.72. The van der Waals surface area contributed by atoms with Gasteiger partial charge in [0, 0.05) is 24.8 Å². The Hall–Kier alpha value is -1.60. The first-order valence-electron chi connectivity index (χ1n) is 4.11. The molecule has 0 saturated carbocycles. The number of hydrogen-bond donors (Lipinski definition) is 2. The van der Waals surface area contributed by atoms with E-state index >= 15 is 0 Å². The van der Waals surface area contributed by atoms with Gasteiger partial charge in [-0.05, 0) is 6.07 Å². The van der Waals surface area contributed by atoms with Gasteiger partial charge in [-0.2, -0.15) is 0 Å². The molecule has 0 radical (unpaired) electrons. The third-order valence-corrected chi connectivity index (χ3v) is 3.14. The van der Waals surface area contributed by atoms with E-state index in [0.717, 1.165) is 0 Å². The van der Waals surface area contributed by atoms with Crippen LogP contribution in [-0.2, 0) is 17.1 Å². The largest absolute Gasteiger partial charge is 0.355 e. The summed E-state index contributed by atoms with van der Waals surface area (Å²) >= 11 is 0. The van der Waals surface area contributed by atoms with Crippen LogP contribution in [0, 0.1) is 0 Å². The number of rotatable bonds is 1. The Kier molecular flexibility index (Phi) is 1.95. The first-order chi connectivity index (χ1) is 6.91. The molecule has 0 bridgehead atoms. The summed E-state index contributed by atoms with van der Waals surface area (Å²) < 4.78 is 23.7. The molecule has 15 heavy (non-hydrogen) atoms. The van der Waals surface area contributed by atoms with Crippen LogP contribution in [-0.4, -0.2) is 18.0 Å². The lowest BCUT2D eigenvalue weighted by molar-refractivity contribution is 0.598. The predicted octanol–water partition coefficient (Wildman–Crippen LogP) is -0.486. The average Bonchev–Trinajstić information content (AvgIpc) is 2.54. The SMILES string of the molecule is Cn1ccc2c(S(N)(=O)=O)c[nH]c2c1=O. The molecule has 80 valence electrons. The van der Waals surface area contributed by atoms with E-state index in [2.05, 4.69) is 4.98 Å². The predicted molar refractivity (Wildman–Crippen MR) is 54.9 cm³/mol. The van der Waals surface area contributed by atoms with Crippen LogP contribution in [0.25, 0.3) is 10.9 Å². The van der Waals surface area contributed by atoms with Gasteiger partial charge in [-0.15, -0.1) is 0 Å². The quantitative estimate of drug-likeness (QED) is 0.688. The van der Waals surface area contributed by atoms with Crippen LogP contribution in [0.3, 0.4) is 0 Å². The monoisotopic (exact) mass is 227 g/mol. The normalized spacial score (nSPS) is 12.1. The molecular weight excluding hydrogens is 218 g/mol. The van der Waals surface area contributed by atoms with Crippen molar-refractivity contribution in [2.45, 2.75) is 4.90 Å². The molecule has 0 amide bonds. The Bertz CT molecular complexity index is 681. The molecule has 2 aromatic rings. The number of nitrogens with one attached hydrogen (secondary N) is 1. The maximum absolute atomic E-state index is 11.6. The van der Waals surface area contributed by atoms with Gasteiger partial charge >= 0.3 is 0 Å². The second-order valence-corrected chi connectivity index (χ2v) is 4.75. The second-order valence-electron chi connectivity index (χ2n) is 3.22. The number of aryl methyl sites for hydroxylation is 1. The second kappa shape index (κ2) is 2.94. The minimum Gasteiger partial charge on any atom is -0.355 e. The van der Waals surface area contributed by atoms with Crippen molar-refractivity contribution in [1.29, 1.82) is 0 Å². The third-order valence-electron chi connectivity index (χ3n) is 2.19. The molecule has 2 heterocycles. The maximum atomic E-state index is 11.6. The molecule has 0 atom stereocenters. The van der Waals surface area contributed by atoms with Crippen molar-refractivity contribution in [3.05, 3.63) is 28.8 Å². The molecule has 0 aromatic carbocycles. The summed E-state index contributed by atoms with van der Waals surface area (Å²) in [5.74, 6) is 0. The number of sulfonamides is 1. The Labute approximate surface area is 85.4 Å². The van der Waals surface area contributed by atoms with Gasteiger partial charge in [0.15, 0.2) is 0 Å². The fourth-order valence-corrected chi connectivity index (χ4v) is 2.12. The van der Waals surface area contributed by atoms with Crippen molar-refractivity contribution in [3.8, 4) is 0 Å². The van der Waals surface area contributed by atoms with Crippen molar-refractivity contribution in [2.75, 3.05) is 0 Å². The summed E-state index contributed by atoms with van der Waals surface area (Å²) in [4.78, 5) is 14.1. The number of primary sulfonamides is 1. The number of pyridine rings is 1. The number of fused-ring (bicyclic) bond motifs is 1. The van der Waals surface area contributed by atoms with Crippen LogP contribution < -0.4 is 10.7 Å². The summed E-state index contributed by atoms with van der Waals surface area (Å²) in [7, 11) is -2.21. The van der Waals surface area contributed by atoms with Gasteiger partial charge in [0.1, 0.15) is 10.4 Å². The lowest BCUT2D eigenvalue weighted by atomic mass is 10.3. The molecule has 2 rings (SSSR count). The standard InChI is InChI=1S/C8H9N3O3S/c1-11-3-2-5-6(15(9,13)14)4-10-7(5)8(11)12/h2-4,10H,1H3,(H2,9,13,14). The van der Waals surface area contributed by atoms with Crippen LogP contribution in [0.4, 0.5) is 0 Å². The molecule has 0 fully saturated rings. The molecule has 0 aliphatic heterocycles. The zero-order valence-electron chi connectivity index (χ0n) is 7.89. The number of aromatic amines is 1. The fraction of sp³-hybridized carbons (Fsp3) is 0.125. The Balaban J connectivity index is 2.97. The first-order valence-corrected chi connectivity index (χ1v) is 5.65. The number of nitrogens with zero attached hydrogens (tertiary/aromatic N) is 1. The highest BCUT2D eigenvalue weighted by atomic mass is 32.2. The average molecular weight is 227 g/mol. The molecule has 0 spiro atoms. The molecule has 7 heteroatoms. The third kappa shape index (κ3) is 1.45. The van der Waals surface area contributed by atoms with E-state index < -0.39 is 10.0 Å². The lowest BCUT2D eigenvalue weighted by Crippen LogP contribution is -2.16. The van der Waals surface area contributed by atoms with Gasteiger partial charge < -0.3 is 9.55 Å². The van der Waals surface area contributed by atoms with Gasteiger partial charge in [-0.25, -0.2) is 13.6 Å². The highest BCUT2D eigenvalue weighted by molar-refractivity contribution is 7.89. The number of aromatic nitrogens is 2. The molecule has 6 nitrogen and oxygen atoms in total. The van der Waals surface area contributed by atoms with E-state index in [0.29, 0.717) is 5.39 Å². The molecular formula is C8H9N3O3S. The number of H-pyrrole nitrogens is 1. The van der Waals surface area contributed by atoms with Crippen molar-refractivity contribution in [1.82, 2.24) is 9.55 Å². The van der Waals surface area contributed by atoms with E-state index in [-0.39, 0.29) is 16.0 Å². The van der Waals surface area contributed by atoms with Crippen molar-refractivity contribution >= 4 is 20.9 Å². The smallest absolute Gasteiger partial charge is 0.274 e. The molecule has 0 aliphatic carbocycles. The molecule has 3 N–H and O–H groups in total. The summed E-state index contributed by atoms with van der Waals surface area (Å²) in [5, 5.41) is 5.32. The van der Waals surface area contributed by atoms with Gasteiger partial charge in [0.2, 0.25) is 10.0 Å². The maximum Gasteiger partial charge on any atom is 0.274 e. The minimum absolute atomic E-state index is 0.0600. The number of nitrogens with two attached hydrogens (primary N) is 1. The van der Waals surface area contributed by atoms with Crippen LogP contribution in [0.5, 0.6) is 0 Å². The van der Waals surface area contributed by atoms with Gasteiger partial charge in [0.05, 0.1) is 0 Å². The minimum atomic E-state index is -3.80. The Morgan fingerprint density at radius 3 is 2.73 bits per heavy atom. The molecule has 0 unspecified atom stereocenters.